The fourth-order valence-corrected chi connectivity index (χ4v) is 6.67. The Morgan fingerprint density at radius 1 is 1.07 bits per heavy atom. The molecule has 1 N–H and O–H groups in total. The SMILES string of the molecule is COc1ccc(CNC(=O)[C@@H]2C[C@@]3(C)CC[C@H]3N2C(=O)Cn2nc(C(C)=O)c3cc(-c4cnc(C)nc4)cc(C)c32)cc1. The minimum absolute atomic E-state index is 0.0000715. The van der Waals surface area contributed by atoms with Crippen molar-refractivity contribution in [3.05, 3.63) is 71.4 Å². The number of carbonyl (C=O) groups excluding carboxylic acids is 3. The van der Waals surface area contributed by atoms with Crippen LogP contribution in [-0.4, -0.2) is 61.4 Å². The van der Waals surface area contributed by atoms with E-state index in [-0.39, 0.29) is 35.6 Å². The van der Waals surface area contributed by atoms with Crippen LogP contribution in [-0.2, 0) is 22.7 Å². The molecule has 6 rings (SSSR count). The zero-order valence-electron chi connectivity index (χ0n) is 25.2. The van der Waals surface area contributed by atoms with Crippen LogP contribution in [0.5, 0.6) is 5.75 Å². The Kier molecular flexibility index (Phi) is 7.23. The Balaban J connectivity index is 1.27. The van der Waals surface area contributed by atoms with Crippen LogP contribution < -0.4 is 10.1 Å². The molecular formula is C33H36N6O4. The molecule has 10 nitrogen and oxygen atoms in total. The predicted octanol–water partition coefficient (Wildman–Crippen LogP) is 4.41. The van der Waals surface area contributed by atoms with E-state index < -0.39 is 6.04 Å². The zero-order valence-corrected chi connectivity index (χ0v) is 25.2. The van der Waals surface area contributed by atoms with Crippen LogP contribution in [0.15, 0.2) is 48.8 Å². The highest BCUT2D eigenvalue weighted by atomic mass is 16.5. The Bertz CT molecular complexity index is 1730. The summed E-state index contributed by atoms with van der Waals surface area (Å²) in [5, 5.41) is 8.35. The highest BCUT2D eigenvalue weighted by molar-refractivity contribution is 6.07. The molecule has 2 aliphatic rings. The Labute approximate surface area is 250 Å². The summed E-state index contributed by atoms with van der Waals surface area (Å²) in [4.78, 5) is 50.6. The van der Waals surface area contributed by atoms with Gasteiger partial charge in [-0.1, -0.05) is 19.1 Å². The molecule has 2 fully saturated rings. The minimum atomic E-state index is -0.563. The molecule has 1 aliphatic carbocycles. The average Bonchev–Trinajstić information content (AvgIpc) is 3.45. The monoisotopic (exact) mass is 580 g/mol. The van der Waals surface area contributed by atoms with Crippen molar-refractivity contribution in [2.24, 2.45) is 5.41 Å². The van der Waals surface area contributed by atoms with E-state index in [2.05, 4.69) is 27.3 Å². The van der Waals surface area contributed by atoms with Crippen LogP contribution in [0.3, 0.4) is 0 Å². The molecule has 1 saturated carbocycles. The number of aryl methyl sites for hydroxylation is 2. The van der Waals surface area contributed by atoms with E-state index in [1.165, 1.54) is 6.92 Å². The number of ether oxygens (including phenoxy) is 1. The number of likely N-dealkylation sites (tertiary alicyclic amines) is 1. The number of carbonyl (C=O) groups is 3. The van der Waals surface area contributed by atoms with Gasteiger partial charge in [0.2, 0.25) is 11.8 Å². The van der Waals surface area contributed by atoms with E-state index in [4.69, 9.17) is 4.74 Å². The molecular weight excluding hydrogens is 544 g/mol. The number of nitrogens with zero attached hydrogens (tertiary/aromatic N) is 5. The lowest BCUT2D eigenvalue weighted by atomic mass is 9.66. The molecule has 43 heavy (non-hydrogen) atoms. The van der Waals surface area contributed by atoms with Gasteiger partial charge >= 0.3 is 0 Å². The Morgan fingerprint density at radius 3 is 2.42 bits per heavy atom. The first-order valence-electron chi connectivity index (χ1n) is 14.6. The van der Waals surface area contributed by atoms with Gasteiger partial charge in [-0.25, -0.2) is 9.97 Å². The second kappa shape index (κ2) is 10.9. The third-order valence-corrected chi connectivity index (χ3v) is 9.11. The lowest BCUT2D eigenvalue weighted by molar-refractivity contribution is -0.143. The van der Waals surface area contributed by atoms with Crippen LogP contribution in [0.4, 0.5) is 0 Å². The van der Waals surface area contributed by atoms with E-state index in [0.717, 1.165) is 46.4 Å². The van der Waals surface area contributed by atoms with Gasteiger partial charge in [-0.2, -0.15) is 5.10 Å². The van der Waals surface area contributed by atoms with Crippen LogP contribution in [0.2, 0.25) is 0 Å². The number of Topliss-reactive ketones (excluding diaryl/α,β-unsaturated/α-hetero) is 1. The van der Waals surface area contributed by atoms with Crippen molar-refractivity contribution in [3.8, 4) is 16.9 Å². The molecule has 3 atom stereocenters. The van der Waals surface area contributed by atoms with Gasteiger partial charge in [0.05, 0.1) is 12.6 Å². The van der Waals surface area contributed by atoms with Crippen molar-refractivity contribution in [2.45, 2.75) is 72.1 Å². The average molecular weight is 581 g/mol. The number of ketones is 1. The molecule has 0 spiro atoms. The summed E-state index contributed by atoms with van der Waals surface area (Å²) in [5.74, 6) is 0.913. The lowest BCUT2D eigenvalue weighted by Gasteiger charge is -2.44. The number of hydrogen-bond donors (Lipinski definition) is 1. The molecule has 0 radical (unpaired) electrons. The van der Waals surface area contributed by atoms with Crippen molar-refractivity contribution in [2.75, 3.05) is 7.11 Å². The smallest absolute Gasteiger partial charge is 0.245 e. The van der Waals surface area contributed by atoms with E-state index >= 15 is 0 Å². The van der Waals surface area contributed by atoms with Gasteiger partial charge in [0.25, 0.3) is 0 Å². The third kappa shape index (κ3) is 5.15. The van der Waals surface area contributed by atoms with E-state index in [1.807, 2.05) is 50.2 Å². The third-order valence-electron chi connectivity index (χ3n) is 9.11. The molecule has 222 valence electrons. The number of fused-ring (bicyclic) bond motifs is 2. The van der Waals surface area contributed by atoms with Gasteiger partial charge in [0, 0.05) is 42.9 Å². The quantitative estimate of drug-likeness (QED) is 0.307. The van der Waals surface area contributed by atoms with Crippen LogP contribution in [0, 0.1) is 19.3 Å². The minimum Gasteiger partial charge on any atom is -0.497 e. The summed E-state index contributed by atoms with van der Waals surface area (Å²) < 4.78 is 6.85. The van der Waals surface area contributed by atoms with Gasteiger partial charge < -0.3 is 15.0 Å². The molecule has 10 heteroatoms. The Hall–Kier alpha value is -4.60. The van der Waals surface area contributed by atoms with Gasteiger partial charge in [-0.05, 0) is 79.5 Å². The van der Waals surface area contributed by atoms with Crippen molar-refractivity contribution >= 4 is 28.5 Å². The topological polar surface area (TPSA) is 119 Å². The molecule has 2 aromatic heterocycles. The number of aromatic nitrogens is 4. The van der Waals surface area contributed by atoms with Crippen LogP contribution in [0.25, 0.3) is 22.0 Å². The second-order valence-electron chi connectivity index (χ2n) is 12.1. The molecule has 0 unspecified atom stereocenters. The fourth-order valence-electron chi connectivity index (χ4n) is 6.67. The largest absolute Gasteiger partial charge is 0.497 e. The molecule has 2 aromatic carbocycles. The van der Waals surface area contributed by atoms with Crippen LogP contribution >= 0.6 is 0 Å². The maximum atomic E-state index is 14.0. The summed E-state index contributed by atoms with van der Waals surface area (Å²) in [7, 11) is 1.61. The number of amides is 2. The summed E-state index contributed by atoms with van der Waals surface area (Å²) in [6, 6.07) is 10.9. The number of hydrogen-bond acceptors (Lipinski definition) is 7. The number of methoxy groups -OCH3 is 1. The molecule has 1 saturated heterocycles. The lowest BCUT2D eigenvalue weighted by Crippen LogP contribution is -2.53. The maximum absolute atomic E-state index is 14.0. The summed E-state index contributed by atoms with van der Waals surface area (Å²) in [5.41, 5.74) is 4.48. The van der Waals surface area contributed by atoms with E-state index in [0.29, 0.717) is 29.9 Å². The predicted molar refractivity (Wildman–Crippen MR) is 161 cm³/mol. The first-order valence-corrected chi connectivity index (χ1v) is 14.6. The molecule has 2 amide bonds. The van der Waals surface area contributed by atoms with E-state index in [9.17, 15) is 14.4 Å². The molecule has 4 aromatic rings. The number of rotatable bonds is 8. The van der Waals surface area contributed by atoms with Crippen molar-refractivity contribution in [1.29, 1.82) is 0 Å². The van der Waals surface area contributed by atoms with Gasteiger partial charge in [0.1, 0.15) is 29.9 Å². The first-order chi connectivity index (χ1) is 20.6. The van der Waals surface area contributed by atoms with Gasteiger partial charge in [-0.15, -0.1) is 0 Å². The number of nitrogens with one attached hydrogen (secondary N) is 1. The van der Waals surface area contributed by atoms with Gasteiger partial charge in [-0.3, -0.25) is 19.1 Å². The molecule has 0 bridgehead atoms. The van der Waals surface area contributed by atoms with Crippen molar-refractivity contribution in [3.63, 3.8) is 0 Å². The summed E-state index contributed by atoms with van der Waals surface area (Å²) in [6.07, 6.45) is 5.98. The van der Waals surface area contributed by atoms with Crippen LogP contribution in [0.1, 0.15) is 60.5 Å². The standard InChI is InChI=1S/C33H36N6O4/c1-19-12-23(24-16-34-21(3)35-17-24)13-26-30(20(2)40)37-38(31(19)26)18-29(41)39-27(14-33(4)11-10-28(33)39)32(42)36-15-22-6-8-25(43-5)9-7-22/h6-9,12-13,16-17,27-28H,10-11,14-15,18H2,1-5H3,(H,36,42)/t27-,28+,33+/m0/s1. The number of benzene rings is 2. The highest BCUT2D eigenvalue weighted by Gasteiger charge is 2.58. The second-order valence-corrected chi connectivity index (χ2v) is 12.1. The highest BCUT2D eigenvalue weighted by Crippen LogP contribution is 2.54. The first kappa shape index (κ1) is 28.5. The normalized spacial score (nSPS) is 20.9. The molecule has 3 heterocycles. The zero-order chi connectivity index (χ0) is 30.5. The summed E-state index contributed by atoms with van der Waals surface area (Å²) in [6.45, 7) is 7.72. The van der Waals surface area contributed by atoms with E-state index in [1.54, 1.807) is 29.1 Å². The fraction of sp³-hybridized carbons (Fsp3) is 0.394. The molecule has 1 aliphatic heterocycles. The Morgan fingerprint density at radius 2 is 1.79 bits per heavy atom. The maximum Gasteiger partial charge on any atom is 0.245 e. The van der Waals surface area contributed by atoms with Crippen molar-refractivity contribution < 1.29 is 19.1 Å². The van der Waals surface area contributed by atoms with Gasteiger partial charge in [0.15, 0.2) is 5.78 Å². The summed E-state index contributed by atoms with van der Waals surface area (Å²) >= 11 is 0. The van der Waals surface area contributed by atoms with Crippen molar-refractivity contribution in [1.82, 2.24) is 30.0 Å².